The number of rotatable bonds is 6. The van der Waals surface area contributed by atoms with Gasteiger partial charge in [-0.15, -0.1) is 11.8 Å². The van der Waals surface area contributed by atoms with Gasteiger partial charge in [0.15, 0.2) is 0 Å². The van der Waals surface area contributed by atoms with Crippen LogP contribution in [-0.2, 0) is 11.3 Å². The maximum Gasteiger partial charge on any atom is 0.269 e. The number of hydrogen-bond acceptors (Lipinski definition) is 4. The third kappa shape index (κ3) is 4.87. The van der Waals surface area contributed by atoms with Gasteiger partial charge in [-0.1, -0.05) is 35.3 Å². The predicted octanol–water partition coefficient (Wildman–Crippen LogP) is 4.65. The highest BCUT2D eigenvalue weighted by molar-refractivity contribution is 8.00. The standard InChI is InChI=1S/C16H14Cl2N2O3S/c1-19(9-11-3-2-4-14(17)16(11)18)15(21)10-24-13-7-5-12(6-8-13)20(22)23/h2-8H,9-10H2,1H3. The summed E-state index contributed by atoms with van der Waals surface area (Å²) >= 11 is 13.4. The minimum absolute atomic E-state index is 0.0263. The van der Waals surface area contributed by atoms with Crippen LogP contribution < -0.4 is 0 Å². The summed E-state index contributed by atoms with van der Waals surface area (Å²) in [6, 6.07) is 11.4. The molecule has 0 saturated heterocycles. The van der Waals surface area contributed by atoms with E-state index < -0.39 is 4.92 Å². The van der Waals surface area contributed by atoms with Crippen molar-refractivity contribution >= 4 is 46.6 Å². The number of hydrogen-bond donors (Lipinski definition) is 0. The number of non-ortho nitro benzene ring substituents is 1. The van der Waals surface area contributed by atoms with Gasteiger partial charge in [0.25, 0.3) is 5.69 Å². The lowest BCUT2D eigenvalue weighted by Crippen LogP contribution is -2.27. The minimum Gasteiger partial charge on any atom is -0.341 e. The Balaban J connectivity index is 1.92. The van der Waals surface area contributed by atoms with E-state index in [1.807, 2.05) is 6.07 Å². The van der Waals surface area contributed by atoms with Crippen LogP contribution >= 0.6 is 35.0 Å². The van der Waals surface area contributed by atoms with Crippen LogP contribution in [0.3, 0.4) is 0 Å². The van der Waals surface area contributed by atoms with Crippen molar-refractivity contribution in [2.75, 3.05) is 12.8 Å². The first-order chi connectivity index (χ1) is 11.4. The number of halogens is 2. The molecule has 2 rings (SSSR count). The maximum absolute atomic E-state index is 12.2. The molecule has 126 valence electrons. The Kier molecular flexibility index (Phi) is 6.48. The molecule has 0 aliphatic heterocycles. The average Bonchev–Trinajstić information content (AvgIpc) is 2.57. The Hall–Kier alpha value is -1.76. The van der Waals surface area contributed by atoms with E-state index in [1.165, 1.54) is 23.9 Å². The molecule has 24 heavy (non-hydrogen) atoms. The molecule has 0 atom stereocenters. The summed E-state index contributed by atoms with van der Waals surface area (Å²) in [6.07, 6.45) is 0. The molecule has 2 aromatic carbocycles. The summed E-state index contributed by atoms with van der Waals surface area (Å²) in [5.41, 5.74) is 0.804. The van der Waals surface area contributed by atoms with Gasteiger partial charge in [-0.05, 0) is 23.8 Å². The lowest BCUT2D eigenvalue weighted by Gasteiger charge is -2.18. The van der Waals surface area contributed by atoms with Gasteiger partial charge >= 0.3 is 0 Å². The molecule has 0 bridgehead atoms. The van der Waals surface area contributed by atoms with Gasteiger partial charge < -0.3 is 4.90 Å². The van der Waals surface area contributed by atoms with Crippen LogP contribution in [0.2, 0.25) is 10.0 Å². The highest BCUT2D eigenvalue weighted by atomic mass is 35.5. The SMILES string of the molecule is CN(Cc1cccc(Cl)c1Cl)C(=O)CSc1ccc([N+](=O)[O-])cc1. The third-order valence-corrected chi connectivity index (χ3v) is 5.13. The van der Waals surface area contributed by atoms with E-state index in [0.29, 0.717) is 16.6 Å². The third-order valence-electron chi connectivity index (χ3n) is 3.27. The molecule has 8 heteroatoms. The van der Waals surface area contributed by atoms with Crippen LogP contribution in [-0.4, -0.2) is 28.5 Å². The lowest BCUT2D eigenvalue weighted by molar-refractivity contribution is -0.384. The zero-order valence-electron chi connectivity index (χ0n) is 12.7. The van der Waals surface area contributed by atoms with Gasteiger partial charge in [0, 0.05) is 30.6 Å². The Labute approximate surface area is 153 Å². The Morgan fingerprint density at radius 2 is 1.88 bits per heavy atom. The molecule has 0 aliphatic rings. The number of carbonyl (C=O) groups is 1. The molecule has 0 N–H and O–H groups in total. The van der Waals surface area contributed by atoms with Gasteiger partial charge in [0.2, 0.25) is 5.91 Å². The van der Waals surface area contributed by atoms with Gasteiger partial charge in [0.1, 0.15) is 0 Å². The Morgan fingerprint density at radius 3 is 2.50 bits per heavy atom. The molecular weight excluding hydrogens is 371 g/mol. The van der Waals surface area contributed by atoms with E-state index in [4.69, 9.17) is 23.2 Å². The number of nitro benzene ring substituents is 1. The molecule has 0 saturated carbocycles. The van der Waals surface area contributed by atoms with Crippen LogP contribution in [0, 0.1) is 10.1 Å². The van der Waals surface area contributed by atoms with Crippen LogP contribution in [0.25, 0.3) is 0 Å². The van der Waals surface area contributed by atoms with Crippen molar-refractivity contribution in [3.05, 3.63) is 68.2 Å². The van der Waals surface area contributed by atoms with E-state index in [1.54, 1.807) is 36.2 Å². The number of nitrogens with zero attached hydrogens (tertiary/aromatic N) is 2. The molecule has 0 unspecified atom stereocenters. The zero-order valence-corrected chi connectivity index (χ0v) is 15.1. The molecular formula is C16H14Cl2N2O3S. The largest absolute Gasteiger partial charge is 0.341 e. The maximum atomic E-state index is 12.2. The van der Waals surface area contributed by atoms with Crippen molar-refractivity contribution in [3.63, 3.8) is 0 Å². The van der Waals surface area contributed by atoms with Crippen molar-refractivity contribution in [3.8, 4) is 0 Å². The molecule has 1 amide bonds. The summed E-state index contributed by atoms with van der Waals surface area (Å²) in [6.45, 7) is 0.360. The molecule has 5 nitrogen and oxygen atoms in total. The molecule has 0 radical (unpaired) electrons. The minimum atomic E-state index is -0.456. The van der Waals surface area contributed by atoms with Gasteiger partial charge in [-0.3, -0.25) is 14.9 Å². The normalized spacial score (nSPS) is 10.5. The summed E-state index contributed by atoms with van der Waals surface area (Å²) in [5, 5.41) is 11.5. The summed E-state index contributed by atoms with van der Waals surface area (Å²) in [4.78, 5) is 24.7. The molecule has 0 aliphatic carbocycles. The highest BCUT2D eigenvalue weighted by Crippen LogP contribution is 2.27. The van der Waals surface area contributed by atoms with Crippen molar-refractivity contribution in [2.24, 2.45) is 0 Å². The Morgan fingerprint density at radius 1 is 1.21 bits per heavy atom. The van der Waals surface area contributed by atoms with E-state index in [2.05, 4.69) is 0 Å². The van der Waals surface area contributed by atoms with E-state index in [0.717, 1.165) is 10.5 Å². The number of nitro groups is 1. The van der Waals surface area contributed by atoms with Crippen molar-refractivity contribution in [1.82, 2.24) is 4.90 Å². The van der Waals surface area contributed by atoms with Crippen LogP contribution in [0.15, 0.2) is 47.4 Å². The van der Waals surface area contributed by atoms with E-state index in [9.17, 15) is 14.9 Å². The van der Waals surface area contributed by atoms with Gasteiger partial charge in [-0.2, -0.15) is 0 Å². The van der Waals surface area contributed by atoms with Crippen LogP contribution in [0.1, 0.15) is 5.56 Å². The number of carbonyl (C=O) groups excluding carboxylic acids is 1. The molecule has 0 fully saturated rings. The summed E-state index contributed by atoms with van der Waals surface area (Å²) < 4.78 is 0. The molecule has 0 spiro atoms. The van der Waals surface area contributed by atoms with Gasteiger partial charge in [0.05, 0.1) is 20.7 Å². The van der Waals surface area contributed by atoms with Crippen molar-refractivity contribution in [1.29, 1.82) is 0 Å². The number of benzene rings is 2. The summed E-state index contributed by atoms with van der Waals surface area (Å²) in [7, 11) is 1.69. The molecule has 0 heterocycles. The smallest absolute Gasteiger partial charge is 0.269 e. The van der Waals surface area contributed by atoms with Crippen molar-refractivity contribution in [2.45, 2.75) is 11.4 Å². The van der Waals surface area contributed by atoms with Crippen LogP contribution in [0.4, 0.5) is 5.69 Å². The zero-order chi connectivity index (χ0) is 17.7. The Bertz CT molecular complexity index is 753. The van der Waals surface area contributed by atoms with E-state index in [-0.39, 0.29) is 17.3 Å². The number of thioether (sulfide) groups is 1. The average molecular weight is 385 g/mol. The molecule has 0 aromatic heterocycles. The lowest BCUT2D eigenvalue weighted by atomic mass is 10.2. The summed E-state index contributed by atoms with van der Waals surface area (Å²) in [5.74, 6) is 0.154. The molecule has 2 aromatic rings. The first kappa shape index (κ1) is 18.6. The second kappa shape index (κ2) is 8.37. The van der Waals surface area contributed by atoms with Crippen LogP contribution in [0.5, 0.6) is 0 Å². The quantitative estimate of drug-likeness (QED) is 0.412. The monoisotopic (exact) mass is 384 g/mol. The first-order valence-electron chi connectivity index (χ1n) is 6.92. The second-order valence-electron chi connectivity index (χ2n) is 5.00. The number of amides is 1. The first-order valence-corrected chi connectivity index (χ1v) is 8.66. The van der Waals surface area contributed by atoms with Crippen molar-refractivity contribution < 1.29 is 9.72 Å². The van der Waals surface area contributed by atoms with Gasteiger partial charge in [-0.25, -0.2) is 0 Å². The highest BCUT2D eigenvalue weighted by Gasteiger charge is 2.13. The predicted molar refractivity (Wildman–Crippen MR) is 96.8 cm³/mol. The topological polar surface area (TPSA) is 63.5 Å². The fourth-order valence-corrected chi connectivity index (χ4v) is 3.15. The fraction of sp³-hybridized carbons (Fsp3) is 0.188. The van der Waals surface area contributed by atoms with E-state index >= 15 is 0 Å². The second-order valence-corrected chi connectivity index (χ2v) is 6.84. The fourth-order valence-electron chi connectivity index (χ4n) is 1.93.